The van der Waals surface area contributed by atoms with Crippen molar-refractivity contribution in [3.05, 3.63) is 82.9 Å². The van der Waals surface area contributed by atoms with E-state index in [1.165, 1.54) is 27.4 Å². The molecule has 158 valence electrons. The van der Waals surface area contributed by atoms with E-state index in [9.17, 15) is 0 Å². The minimum Gasteiger partial charge on any atom is -0.341 e. The molecule has 0 radical (unpaired) electrons. The van der Waals surface area contributed by atoms with Crippen LogP contribution in [0.3, 0.4) is 0 Å². The van der Waals surface area contributed by atoms with E-state index in [4.69, 9.17) is 16.7 Å². The Balaban J connectivity index is 1.27. The zero-order valence-electron chi connectivity index (χ0n) is 17.8. The van der Waals surface area contributed by atoms with Gasteiger partial charge in [0.1, 0.15) is 0 Å². The van der Waals surface area contributed by atoms with E-state index in [1.807, 2.05) is 18.3 Å². The van der Waals surface area contributed by atoms with Crippen molar-refractivity contribution < 1.29 is 0 Å². The number of nitrogens with zero attached hydrogens (tertiary/aromatic N) is 4. The minimum atomic E-state index is 0.792. The van der Waals surface area contributed by atoms with Gasteiger partial charge in [-0.25, -0.2) is 0 Å². The van der Waals surface area contributed by atoms with Crippen LogP contribution in [0, 0.1) is 0 Å². The van der Waals surface area contributed by atoms with Crippen LogP contribution >= 0.6 is 11.6 Å². The van der Waals surface area contributed by atoms with Gasteiger partial charge in [-0.2, -0.15) is 5.10 Å². The summed E-state index contributed by atoms with van der Waals surface area (Å²) in [5.74, 6) is 0. The van der Waals surface area contributed by atoms with Gasteiger partial charge in [-0.05, 0) is 48.4 Å². The van der Waals surface area contributed by atoms with Gasteiger partial charge >= 0.3 is 0 Å². The zero-order chi connectivity index (χ0) is 21.2. The third kappa shape index (κ3) is 4.18. The lowest BCUT2D eigenvalue weighted by molar-refractivity contribution is 0.131. The summed E-state index contributed by atoms with van der Waals surface area (Å²) in [5.41, 5.74) is 5.04. The quantitative estimate of drug-likeness (QED) is 0.384. The normalized spacial score (nSPS) is 15.5. The summed E-state index contributed by atoms with van der Waals surface area (Å²) in [6.07, 6.45) is 2.01. The van der Waals surface area contributed by atoms with E-state index < -0.39 is 0 Å². The molecule has 5 heteroatoms. The van der Waals surface area contributed by atoms with E-state index in [-0.39, 0.29) is 0 Å². The molecule has 5 rings (SSSR count). The minimum absolute atomic E-state index is 0.792. The molecule has 4 nitrogen and oxygen atoms in total. The average Bonchev–Trinajstić information content (AvgIpc) is 3.13. The fourth-order valence-electron chi connectivity index (χ4n) is 4.50. The number of hydrogen-bond acceptors (Lipinski definition) is 3. The van der Waals surface area contributed by atoms with Gasteiger partial charge in [-0.15, -0.1) is 0 Å². The van der Waals surface area contributed by atoms with Crippen molar-refractivity contribution in [3.8, 4) is 0 Å². The van der Waals surface area contributed by atoms with Crippen molar-refractivity contribution in [2.75, 3.05) is 26.2 Å². The first-order valence-corrected chi connectivity index (χ1v) is 11.4. The molecule has 3 aromatic carbocycles. The Bertz CT molecular complexity index is 1220. The number of aromatic nitrogens is 1. The van der Waals surface area contributed by atoms with E-state index in [0.29, 0.717) is 0 Å². The Morgan fingerprint density at radius 3 is 2.39 bits per heavy atom. The van der Waals surface area contributed by atoms with Crippen molar-refractivity contribution in [1.82, 2.24) is 14.5 Å². The second-order valence-electron chi connectivity index (χ2n) is 8.14. The molecule has 1 aliphatic heterocycles. The zero-order valence-corrected chi connectivity index (χ0v) is 18.6. The van der Waals surface area contributed by atoms with Crippen LogP contribution in [-0.4, -0.2) is 46.9 Å². The van der Waals surface area contributed by atoms with Crippen LogP contribution in [0.1, 0.15) is 18.1 Å². The monoisotopic (exact) mass is 430 g/mol. The first-order valence-electron chi connectivity index (χ1n) is 11.0. The molecular formula is C26H27ClN4. The number of rotatable bonds is 5. The van der Waals surface area contributed by atoms with E-state index in [2.05, 4.69) is 76.0 Å². The van der Waals surface area contributed by atoms with Crippen LogP contribution in [0.4, 0.5) is 0 Å². The second-order valence-corrected chi connectivity index (χ2v) is 8.58. The molecule has 2 heterocycles. The highest BCUT2D eigenvalue weighted by Gasteiger charge is 2.15. The maximum absolute atomic E-state index is 5.99. The predicted molar refractivity (Wildman–Crippen MR) is 131 cm³/mol. The number of hydrogen-bond donors (Lipinski definition) is 0. The van der Waals surface area contributed by atoms with Crippen LogP contribution < -0.4 is 0 Å². The third-order valence-corrected chi connectivity index (χ3v) is 6.40. The van der Waals surface area contributed by atoms with Gasteiger partial charge in [0.25, 0.3) is 0 Å². The smallest absolute Gasteiger partial charge is 0.0543 e. The van der Waals surface area contributed by atoms with Crippen LogP contribution in [-0.2, 0) is 13.1 Å². The summed E-state index contributed by atoms with van der Waals surface area (Å²) in [6.45, 7) is 8.06. The molecule has 0 bridgehead atoms. The van der Waals surface area contributed by atoms with Crippen molar-refractivity contribution in [3.63, 3.8) is 0 Å². The fraction of sp³-hybridized carbons (Fsp3) is 0.269. The lowest BCUT2D eigenvalue weighted by atomic mass is 10.1. The van der Waals surface area contributed by atoms with Gasteiger partial charge in [-0.3, -0.25) is 9.91 Å². The molecule has 0 aliphatic carbocycles. The molecule has 31 heavy (non-hydrogen) atoms. The van der Waals surface area contributed by atoms with Crippen molar-refractivity contribution in [1.29, 1.82) is 0 Å². The summed E-state index contributed by atoms with van der Waals surface area (Å²) >= 11 is 5.99. The van der Waals surface area contributed by atoms with Gasteiger partial charge in [0.15, 0.2) is 0 Å². The highest BCUT2D eigenvalue weighted by atomic mass is 35.5. The number of piperazine rings is 1. The summed E-state index contributed by atoms with van der Waals surface area (Å²) in [7, 11) is 0. The summed E-state index contributed by atoms with van der Waals surface area (Å²) in [6, 6.07) is 23.5. The highest BCUT2D eigenvalue weighted by Crippen LogP contribution is 2.29. The molecule has 0 amide bonds. The van der Waals surface area contributed by atoms with Crippen LogP contribution in [0.15, 0.2) is 71.8 Å². The third-order valence-electron chi connectivity index (χ3n) is 6.15. The fourth-order valence-corrected chi connectivity index (χ4v) is 4.63. The van der Waals surface area contributed by atoms with Gasteiger partial charge in [-0.1, -0.05) is 48.0 Å². The summed E-state index contributed by atoms with van der Waals surface area (Å²) in [5, 5.41) is 10.4. The van der Waals surface area contributed by atoms with Crippen molar-refractivity contribution in [2.24, 2.45) is 5.10 Å². The van der Waals surface area contributed by atoms with Crippen molar-refractivity contribution in [2.45, 2.75) is 20.0 Å². The van der Waals surface area contributed by atoms with Gasteiger partial charge in [0.2, 0.25) is 0 Å². The highest BCUT2D eigenvalue weighted by molar-refractivity contribution is 6.30. The largest absolute Gasteiger partial charge is 0.341 e. The van der Waals surface area contributed by atoms with Crippen molar-refractivity contribution >= 4 is 39.6 Å². The molecule has 0 unspecified atom stereocenters. The Kier molecular flexibility index (Phi) is 5.66. The Morgan fingerprint density at radius 1 is 0.871 bits per heavy atom. The first kappa shape index (κ1) is 20.1. The topological polar surface area (TPSA) is 23.8 Å². The summed E-state index contributed by atoms with van der Waals surface area (Å²) < 4.78 is 2.38. The lowest BCUT2D eigenvalue weighted by Gasteiger charge is -2.33. The van der Waals surface area contributed by atoms with Crippen LogP contribution in [0.25, 0.3) is 21.8 Å². The molecule has 1 aromatic heterocycles. The SMILES string of the molecule is CCn1c2ccccc2c2cc(/C=N/N3CCN(Cc4ccc(Cl)cc4)CC3)ccc21. The standard InChI is InChI=1S/C26H27ClN4/c1-2-31-25-6-4-3-5-23(25)24-17-21(9-12-26(24)31)18-28-30-15-13-29(14-16-30)19-20-7-10-22(27)11-8-20/h3-12,17-18H,2,13-16,19H2,1H3/b28-18+. The van der Waals surface area contributed by atoms with E-state index in [0.717, 1.165) is 49.9 Å². The molecular weight excluding hydrogens is 404 g/mol. The number of aryl methyl sites for hydroxylation is 1. The molecule has 1 fully saturated rings. The number of hydrazone groups is 1. The molecule has 1 aliphatic rings. The van der Waals surface area contributed by atoms with E-state index in [1.54, 1.807) is 0 Å². The molecule has 1 saturated heterocycles. The molecule has 0 spiro atoms. The molecule has 0 atom stereocenters. The maximum atomic E-state index is 5.99. The number of benzene rings is 3. The average molecular weight is 431 g/mol. The summed E-state index contributed by atoms with van der Waals surface area (Å²) in [4.78, 5) is 2.47. The molecule has 0 N–H and O–H groups in total. The molecule has 0 saturated carbocycles. The second kappa shape index (κ2) is 8.74. The predicted octanol–water partition coefficient (Wildman–Crippen LogP) is 5.62. The number of halogens is 1. The number of fused-ring (bicyclic) bond motifs is 3. The Labute approximate surface area is 188 Å². The lowest BCUT2D eigenvalue weighted by Crippen LogP contribution is -2.43. The first-order chi connectivity index (χ1) is 15.2. The van der Waals surface area contributed by atoms with Gasteiger partial charge in [0, 0.05) is 66.1 Å². The van der Waals surface area contributed by atoms with Crippen LogP contribution in [0.2, 0.25) is 5.02 Å². The Morgan fingerprint density at radius 2 is 1.61 bits per heavy atom. The van der Waals surface area contributed by atoms with E-state index >= 15 is 0 Å². The Hall–Kier alpha value is -2.82. The molecule has 4 aromatic rings. The van der Waals surface area contributed by atoms with Gasteiger partial charge in [0.05, 0.1) is 6.21 Å². The maximum Gasteiger partial charge on any atom is 0.0543 e. The van der Waals surface area contributed by atoms with Crippen LogP contribution in [0.5, 0.6) is 0 Å². The number of para-hydroxylation sites is 1. The van der Waals surface area contributed by atoms with Gasteiger partial charge < -0.3 is 4.57 Å².